The Kier molecular flexibility index (Phi) is 4.02. The van der Waals surface area contributed by atoms with Gasteiger partial charge in [-0.05, 0) is 55.3 Å². The average molecular weight is 306 g/mol. The highest BCUT2D eigenvalue weighted by Gasteiger charge is 2.23. The Balaban J connectivity index is 1.94. The smallest absolute Gasteiger partial charge is 0.343 e. The molecule has 0 aromatic heterocycles. The number of hydrogen-bond acceptors (Lipinski definition) is 3. The molecule has 116 valence electrons. The van der Waals surface area contributed by atoms with Crippen LogP contribution in [0.1, 0.15) is 22.3 Å². The molecule has 3 heteroatoms. The molecule has 0 saturated heterocycles. The molecule has 0 fully saturated rings. The summed E-state index contributed by atoms with van der Waals surface area (Å²) in [7, 11) is 1.63. The van der Waals surface area contributed by atoms with Crippen LogP contribution in [0.25, 0.3) is 11.8 Å². The first-order valence-corrected chi connectivity index (χ1v) is 7.44. The van der Waals surface area contributed by atoms with Crippen LogP contribution in [0.5, 0.6) is 5.75 Å². The molecule has 0 spiro atoms. The van der Waals surface area contributed by atoms with Gasteiger partial charge in [-0.2, -0.15) is 0 Å². The van der Waals surface area contributed by atoms with Gasteiger partial charge in [0.05, 0.1) is 12.7 Å². The van der Waals surface area contributed by atoms with Gasteiger partial charge in [0, 0.05) is 5.56 Å². The quantitative estimate of drug-likeness (QED) is 0.627. The van der Waals surface area contributed by atoms with E-state index in [2.05, 4.69) is 0 Å². The van der Waals surface area contributed by atoms with Crippen molar-refractivity contribution in [2.45, 2.75) is 13.8 Å². The summed E-state index contributed by atoms with van der Waals surface area (Å²) >= 11 is 0. The van der Waals surface area contributed by atoms with E-state index in [1.54, 1.807) is 13.2 Å². The predicted molar refractivity (Wildman–Crippen MR) is 91.0 cm³/mol. The number of carbonyl (C=O) groups excluding carboxylic acids is 1. The summed E-state index contributed by atoms with van der Waals surface area (Å²) in [6, 6.07) is 13.6. The predicted octanol–water partition coefficient (Wildman–Crippen LogP) is 4.29. The van der Waals surface area contributed by atoms with Crippen molar-refractivity contribution in [3.05, 3.63) is 76.4 Å². The number of rotatable bonds is 3. The summed E-state index contributed by atoms with van der Waals surface area (Å²) in [5.41, 5.74) is 4.65. The van der Waals surface area contributed by atoms with Crippen molar-refractivity contribution in [1.29, 1.82) is 0 Å². The number of methoxy groups -OCH3 is 1. The Labute approximate surface area is 135 Å². The largest absolute Gasteiger partial charge is 0.497 e. The maximum absolute atomic E-state index is 12.1. The minimum absolute atomic E-state index is 0.322. The molecule has 0 aliphatic carbocycles. The van der Waals surface area contributed by atoms with E-state index in [0.29, 0.717) is 11.3 Å². The molecule has 0 unspecified atom stereocenters. The molecule has 1 aliphatic heterocycles. The standard InChI is InChI=1S/C20H18O3/c1-13-4-5-14(2)18(10-13)19-12-16(20(21)23-19)11-15-6-8-17(22-3)9-7-15/h4-12H,1-3H3/b16-11+. The maximum Gasteiger partial charge on any atom is 0.343 e. The van der Waals surface area contributed by atoms with Gasteiger partial charge in [0.2, 0.25) is 0 Å². The Morgan fingerprint density at radius 1 is 1.04 bits per heavy atom. The van der Waals surface area contributed by atoms with Crippen LogP contribution in [0.15, 0.2) is 54.1 Å². The summed E-state index contributed by atoms with van der Waals surface area (Å²) in [5, 5.41) is 0. The highest BCUT2D eigenvalue weighted by molar-refractivity contribution is 6.05. The molecule has 1 aliphatic rings. The van der Waals surface area contributed by atoms with E-state index in [1.165, 1.54) is 0 Å². The van der Waals surface area contributed by atoms with E-state index in [9.17, 15) is 4.79 Å². The Morgan fingerprint density at radius 3 is 2.48 bits per heavy atom. The van der Waals surface area contributed by atoms with Gasteiger partial charge in [0.15, 0.2) is 0 Å². The number of aryl methyl sites for hydroxylation is 2. The topological polar surface area (TPSA) is 35.5 Å². The summed E-state index contributed by atoms with van der Waals surface area (Å²) in [5.74, 6) is 1.07. The van der Waals surface area contributed by atoms with Gasteiger partial charge in [0.25, 0.3) is 0 Å². The van der Waals surface area contributed by atoms with E-state index in [-0.39, 0.29) is 5.97 Å². The summed E-state index contributed by atoms with van der Waals surface area (Å²) < 4.78 is 10.6. The molecule has 0 bridgehead atoms. The molecule has 2 aromatic carbocycles. The summed E-state index contributed by atoms with van der Waals surface area (Å²) in [6.45, 7) is 4.03. The van der Waals surface area contributed by atoms with Gasteiger partial charge in [-0.25, -0.2) is 4.79 Å². The number of ether oxygens (including phenoxy) is 2. The van der Waals surface area contributed by atoms with Crippen LogP contribution in [0.3, 0.4) is 0 Å². The first kappa shape index (κ1) is 15.1. The van der Waals surface area contributed by atoms with Crippen LogP contribution in [-0.2, 0) is 9.53 Å². The lowest BCUT2D eigenvalue weighted by atomic mass is 10.0. The summed E-state index contributed by atoms with van der Waals surface area (Å²) in [6.07, 6.45) is 3.62. The number of cyclic esters (lactones) is 1. The fraction of sp³-hybridized carbons (Fsp3) is 0.150. The van der Waals surface area contributed by atoms with Crippen LogP contribution < -0.4 is 4.74 Å². The lowest BCUT2D eigenvalue weighted by molar-refractivity contribution is -0.130. The maximum atomic E-state index is 12.1. The van der Waals surface area contributed by atoms with Crippen LogP contribution in [0.2, 0.25) is 0 Å². The monoisotopic (exact) mass is 306 g/mol. The van der Waals surface area contributed by atoms with Crippen molar-refractivity contribution in [1.82, 2.24) is 0 Å². The highest BCUT2D eigenvalue weighted by atomic mass is 16.5. The number of carbonyl (C=O) groups is 1. The fourth-order valence-corrected chi connectivity index (χ4v) is 2.50. The normalized spacial score (nSPS) is 15.5. The second-order valence-corrected chi connectivity index (χ2v) is 5.59. The van der Waals surface area contributed by atoms with Crippen LogP contribution in [-0.4, -0.2) is 13.1 Å². The molecule has 0 atom stereocenters. The minimum Gasteiger partial charge on any atom is -0.497 e. The van der Waals surface area contributed by atoms with Crippen molar-refractivity contribution in [2.75, 3.05) is 7.11 Å². The third-order valence-electron chi connectivity index (χ3n) is 3.82. The van der Waals surface area contributed by atoms with Crippen LogP contribution in [0, 0.1) is 13.8 Å². The highest BCUT2D eigenvalue weighted by Crippen LogP contribution is 2.30. The molecular weight excluding hydrogens is 288 g/mol. The molecule has 23 heavy (non-hydrogen) atoms. The Bertz CT molecular complexity index is 811. The van der Waals surface area contributed by atoms with E-state index in [4.69, 9.17) is 9.47 Å². The third-order valence-corrected chi connectivity index (χ3v) is 3.82. The zero-order chi connectivity index (χ0) is 16.4. The van der Waals surface area contributed by atoms with Gasteiger partial charge in [0.1, 0.15) is 11.5 Å². The molecule has 2 aromatic rings. The lowest BCUT2D eigenvalue weighted by Crippen LogP contribution is -1.98. The van der Waals surface area contributed by atoms with Crippen LogP contribution >= 0.6 is 0 Å². The van der Waals surface area contributed by atoms with Gasteiger partial charge >= 0.3 is 5.97 Å². The zero-order valence-electron chi connectivity index (χ0n) is 13.4. The number of esters is 1. The summed E-state index contributed by atoms with van der Waals surface area (Å²) in [4.78, 5) is 12.1. The molecule has 1 heterocycles. The van der Waals surface area contributed by atoms with Crippen molar-refractivity contribution in [3.63, 3.8) is 0 Å². The zero-order valence-corrected chi connectivity index (χ0v) is 13.4. The Morgan fingerprint density at radius 2 is 1.78 bits per heavy atom. The molecule has 0 amide bonds. The first-order valence-electron chi connectivity index (χ1n) is 7.44. The van der Waals surface area contributed by atoms with E-state index < -0.39 is 0 Å². The van der Waals surface area contributed by atoms with Crippen molar-refractivity contribution in [3.8, 4) is 5.75 Å². The minimum atomic E-state index is -0.322. The van der Waals surface area contributed by atoms with Gasteiger partial charge in [-0.1, -0.05) is 29.8 Å². The van der Waals surface area contributed by atoms with Crippen LogP contribution in [0.4, 0.5) is 0 Å². The van der Waals surface area contributed by atoms with Gasteiger partial charge < -0.3 is 9.47 Å². The number of benzene rings is 2. The Hall–Kier alpha value is -2.81. The van der Waals surface area contributed by atoms with E-state index in [0.717, 1.165) is 28.0 Å². The second-order valence-electron chi connectivity index (χ2n) is 5.59. The SMILES string of the molecule is COc1ccc(/C=C2\C=C(c3cc(C)ccc3C)OC2=O)cc1. The molecule has 3 nitrogen and oxygen atoms in total. The first-order chi connectivity index (χ1) is 11.1. The molecule has 0 saturated carbocycles. The third kappa shape index (κ3) is 3.19. The van der Waals surface area contributed by atoms with Gasteiger partial charge in [-0.3, -0.25) is 0 Å². The van der Waals surface area contributed by atoms with Crippen molar-refractivity contribution >= 4 is 17.8 Å². The molecule has 0 radical (unpaired) electrons. The number of hydrogen-bond donors (Lipinski definition) is 0. The second kappa shape index (κ2) is 6.13. The molecular formula is C20H18O3. The fourth-order valence-electron chi connectivity index (χ4n) is 2.50. The lowest BCUT2D eigenvalue weighted by Gasteiger charge is -2.06. The molecule has 0 N–H and O–H groups in total. The van der Waals surface area contributed by atoms with E-state index in [1.807, 2.05) is 62.4 Å². The van der Waals surface area contributed by atoms with Crippen molar-refractivity contribution in [2.24, 2.45) is 0 Å². The van der Waals surface area contributed by atoms with Gasteiger partial charge in [-0.15, -0.1) is 0 Å². The molecule has 3 rings (SSSR count). The average Bonchev–Trinajstić information content (AvgIpc) is 2.91. The van der Waals surface area contributed by atoms with Crippen molar-refractivity contribution < 1.29 is 14.3 Å². The van der Waals surface area contributed by atoms with E-state index >= 15 is 0 Å².